The van der Waals surface area contributed by atoms with E-state index in [2.05, 4.69) is 102 Å². The van der Waals surface area contributed by atoms with Crippen molar-refractivity contribution in [2.75, 3.05) is 127 Å². The van der Waals surface area contributed by atoms with Gasteiger partial charge in [-0.2, -0.15) is 0 Å². The molecule has 3 aromatic rings. The summed E-state index contributed by atoms with van der Waals surface area (Å²) < 4.78 is 31.0. The Kier molecular flexibility index (Phi) is 28.7. The van der Waals surface area contributed by atoms with Gasteiger partial charge in [-0.05, 0) is 166 Å². The lowest BCUT2D eigenvalue weighted by Gasteiger charge is -2.48. The van der Waals surface area contributed by atoms with Crippen LogP contribution in [0.4, 0.5) is 26.1 Å². The average molecular weight is 1200 g/mol. The van der Waals surface area contributed by atoms with Gasteiger partial charge in [-0.1, -0.05) is 76.6 Å². The highest BCUT2D eigenvalue weighted by atomic mass is 19.1. The summed E-state index contributed by atoms with van der Waals surface area (Å²) in [6.45, 7) is 17.0. The van der Waals surface area contributed by atoms with Crippen molar-refractivity contribution >= 4 is 47.4 Å². The Morgan fingerprint density at radius 1 is 0.826 bits per heavy atom. The summed E-state index contributed by atoms with van der Waals surface area (Å²) >= 11 is 0. The molecule has 5 aliphatic heterocycles. The molecule has 19 nitrogen and oxygen atoms in total. The van der Waals surface area contributed by atoms with Gasteiger partial charge in [0, 0.05) is 70.1 Å². The number of anilines is 3. The molecule has 7 aliphatic rings. The van der Waals surface area contributed by atoms with E-state index in [0.29, 0.717) is 57.0 Å². The number of piperazine rings is 1. The van der Waals surface area contributed by atoms with Crippen molar-refractivity contribution in [1.82, 2.24) is 45.5 Å². The van der Waals surface area contributed by atoms with Crippen LogP contribution >= 0.6 is 0 Å². The van der Waals surface area contributed by atoms with Crippen LogP contribution < -0.4 is 42.5 Å². The number of primary amides is 2. The minimum Gasteiger partial charge on any atom is -0.372 e. The minimum absolute atomic E-state index is 0.00320. The lowest BCUT2D eigenvalue weighted by atomic mass is 9.82. The van der Waals surface area contributed by atoms with Crippen molar-refractivity contribution in [3.63, 3.8) is 0 Å². The van der Waals surface area contributed by atoms with E-state index in [4.69, 9.17) is 10.5 Å². The first kappa shape index (κ1) is 69.1. The number of piperidine rings is 2. The summed E-state index contributed by atoms with van der Waals surface area (Å²) in [5.41, 5.74) is 12.9. The Morgan fingerprint density at radius 3 is 2.08 bits per heavy atom. The number of likely N-dealkylation sites (tertiary alicyclic amines) is 3. The SMILES string of the molecule is C1CCCCC1.CN(CCCNc1cc(N2CCC3(CC2)CN(c2cc(F)c(CN4CCC(C)(C)CC4)cc2F)CC(=O)N3)ncn1)CCC1CCN(CC(N)=O)C1.CNC(C)C(=O)NCC(=O)N1CCCC1.NC=O.c1ccc2c(c1)CCCC2. The first-order chi connectivity index (χ1) is 41.4. The number of aromatic nitrogens is 2. The summed E-state index contributed by atoms with van der Waals surface area (Å²) in [6.07, 6.45) is 25.0. The van der Waals surface area contributed by atoms with Crippen molar-refractivity contribution in [2.24, 2.45) is 22.8 Å². The van der Waals surface area contributed by atoms with E-state index in [0.717, 1.165) is 115 Å². The second-order valence-corrected chi connectivity index (χ2v) is 25.5. The standard InChI is InChI=1S/C38H58F2N10O2.C10H19N3O2.C10H12.C6H12.CH3NO/c1-37(2)7-15-47(16-8-37)23-29-19-31(40)32(20-30(29)39)50-25-36(52)45-38(26-50)9-17-49(18-10-38)35-21-34(43-27-44-35)42-11-4-12-46(3)13-5-28-6-14-48(22-28)24-33(41)51;1-8(11-2)10(15)12-7-9(14)13-5-3-4-6-13;1-2-6-10-8-4-3-7-9(10)5-1;1-2-4-6-5-3-1;2-1-3/h19-21,27-28H,4-18,22-26H2,1-3H3,(H2,41,51)(H,45,52)(H,42,43,44);8,11H,3-7H2,1-2H3,(H,12,15);1-2,5-6H,3-4,7-8H2;1-6H2;1H,(H2,2,3). The number of halogens is 2. The van der Waals surface area contributed by atoms with Gasteiger partial charge in [0.2, 0.25) is 30.0 Å². The molecule has 1 aromatic heterocycles. The third-order valence-electron chi connectivity index (χ3n) is 18.1. The Hall–Kier alpha value is -6.03. The molecule has 21 heteroatoms. The van der Waals surface area contributed by atoms with Gasteiger partial charge in [-0.3, -0.25) is 33.8 Å². The zero-order chi connectivity index (χ0) is 61.9. The van der Waals surface area contributed by atoms with Crippen LogP contribution in [0.25, 0.3) is 0 Å². The molecule has 86 heavy (non-hydrogen) atoms. The number of hydrogen-bond donors (Lipinski definition) is 6. The molecule has 478 valence electrons. The number of nitrogens with zero attached hydrogens (tertiary/aromatic N) is 8. The number of amides is 5. The Morgan fingerprint density at radius 2 is 1.47 bits per heavy atom. The maximum Gasteiger partial charge on any atom is 0.241 e. The van der Waals surface area contributed by atoms with Gasteiger partial charge >= 0.3 is 0 Å². The van der Waals surface area contributed by atoms with Gasteiger partial charge in [-0.15, -0.1) is 0 Å². The van der Waals surface area contributed by atoms with Crippen molar-refractivity contribution in [3.05, 3.63) is 77.1 Å². The number of nitrogens with two attached hydrogens (primary N) is 2. The number of rotatable bonds is 18. The molecule has 2 aromatic carbocycles. The van der Waals surface area contributed by atoms with Gasteiger partial charge in [0.05, 0.1) is 36.9 Å². The third-order valence-corrected chi connectivity index (χ3v) is 18.1. The molecule has 0 bridgehead atoms. The van der Waals surface area contributed by atoms with Crippen LogP contribution in [0, 0.1) is 23.0 Å². The average Bonchev–Trinajstić information content (AvgIpc) is 1.15. The van der Waals surface area contributed by atoms with E-state index >= 15 is 8.78 Å². The van der Waals surface area contributed by atoms with Crippen LogP contribution in [0.15, 0.2) is 48.8 Å². The number of carbonyl (C=O) groups excluding carboxylic acids is 5. The largest absolute Gasteiger partial charge is 0.372 e. The molecule has 2 aliphatic carbocycles. The summed E-state index contributed by atoms with van der Waals surface area (Å²) in [5.74, 6) is 0.758. The van der Waals surface area contributed by atoms with Crippen LogP contribution in [0.5, 0.6) is 0 Å². The van der Waals surface area contributed by atoms with Crippen LogP contribution in [-0.2, 0) is 43.4 Å². The lowest BCUT2D eigenvalue weighted by Crippen LogP contribution is -2.66. The molecule has 8 N–H and O–H groups in total. The number of nitrogens with one attached hydrogen (secondary N) is 4. The van der Waals surface area contributed by atoms with Gasteiger partial charge < -0.3 is 52.3 Å². The van der Waals surface area contributed by atoms with Gasteiger partial charge in [0.25, 0.3) is 0 Å². The Bertz CT molecular complexity index is 2530. The minimum atomic E-state index is -0.533. The van der Waals surface area contributed by atoms with Crippen LogP contribution in [0.2, 0.25) is 0 Å². The van der Waals surface area contributed by atoms with E-state index in [-0.39, 0.29) is 60.3 Å². The maximum atomic E-state index is 15.6. The molecule has 6 heterocycles. The van der Waals surface area contributed by atoms with E-state index in [1.54, 1.807) is 41.2 Å². The number of aryl methyl sites for hydroxylation is 2. The second-order valence-electron chi connectivity index (χ2n) is 25.5. The highest BCUT2D eigenvalue weighted by Crippen LogP contribution is 2.35. The molecule has 5 amide bonds. The van der Waals surface area contributed by atoms with Crippen LogP contribution in [0.1, 0.15) is 147 Å². The lowest BCUT2D eigenvalue weighted by molar-refractivity contribution is -0.132. The monoisotopic (exact) mass is 1200 g/mol. The normalized spacial score (nSPS) is 20.3. The summed E-state index contributed by atoms with van der Waals surface area (Å²) in [5, 5.41) is 12.1. The predicted octanol–water partition coefficient (Wildman–Crippen LogP) is 6.62. The molecule has 5 saturated heterocycles. The topological polar surface area (TPSA) is 231 Å². The molecule has 2 atom stereocenters. The number of carbonyl (C=O) groups is 5. The first-order valence-corrected chi connectivity index (χ1v) is 32.1. The summed E-state index contributed by atoms with van der Waals surface area (Å²) in [7, 11) is 3.87. The second kappa shape index (κ2) is 35.7. The number of fused-ring (bicyclic) bond motifs is 1. The van der Waals surface area contributed by atoms with E-state index in [1.165, 1.54) is 76.3 Å². The number of likely N-dealkylation sites (N-methyl/N-ethyl adjacent to an activating group) is 1. The quantitative estimate of drug-likeness (QED) is 0.0581. The molecular formula is C65H104F2N14O5. The molecular weight excluding hydrogens is 1090 g/mol. The highest BCUT2D eigenvalue weighted by Gasteiger charge is 2.42. The van der Waals surface area contributed by atoms with Crippen molar-refractivity contribution < 1.29 is 32.8 Å². The first-order valence-electron chi connectivity index (χ1n) is 32.1. The number of hydrogen-bond acceptors (Lipinski definition) is 14. The summed E-state index contributed by atoms with van der Waals surface area (Å²) in [4.78, 5) is 77.0. The molecule has 1 spiro atoms. The van der Waals surface area contributed by atoms with Gasteiger partial charge in [0.15, 0.2) is 0 Å². The molecule has 10 rings (SSSR count). The smallest absolute Gasteiger partial charge is 0.241 e. The third kappa shape index (κ3) is 23.2. The number of benzene rings is 2. The van der Waals surface area contributed by atoms with E-state index < -0.39 is 17.2 Å². The Labute approximate surface area is 511 Å². The van der Waals surface area contributed by atoms with E-state index in [1.807, 2.05) is 6.07 Å². The Balaban J connectivity index is 0.000000277. The summed E-state index contributed by atoms with van der Waals surface area (Å²) in [6, 6.07) is 13.1. The zero-order valence-electron chi connectivity index (χ0n) is 52.6. The predicted molar refractivity (Wildman–Crippen MR) is 339 cm³/mol. The molecule has 0 radical (unpaired) electrons. The maximum absolute atomic E-state index is 15.6. The fourth-order valence-corrected chi connectivity index (χ4v) is 12.6. The fourth-order valence-electron chi connectivity index (χ4n) is 12.6. The van der Waals surface area contributed by atoms with Gasteiger partial charge in [0.1, 0.15) is 29.6 Å². The fraction of sp³-hybridized carbons (Fsp3) is 0.677. The molecule has 6 fully saturated rings. The van der Waals surface area contributed by atoms with Crippen molar-refractivity contribution in [1.29, 1.82) is 0 Å². The van der Waals surface area contributed by atoms with Crippen LogP contribution in [0.3, 0.4) is 0 Å². The highest BCUT2D eigenvalue weighted by molar-refractivity contribution is 5.87. The van der Waals surface area contributed by atoms with Crippen molar-refractivity contribution in [3.8, 4) is 0 Å². The zero-order valence-corrected chi connectivity index (χ0v) is 52.6. The van der Waals surface area contributed by atoms with Gasteiger partial charge in [-0.25, -0.2) is 18.7 Å². The molecule has 1 saturated carbocycles. The van der Waals surface area contributed by atoms with Crippen molar-refractivity contribution in [2.45, 2.75) is 161 Å². The molecule has 2 unspecified atom stereocenters. The van der Waals surface area contributed by atoms with E-state index in [9.17, 15) is 19.2 Å². The van der Waals surface area contributed by atoms with Crippen LogP contribution in [-0.4, -0.2) is 183 Å².